The van der Waals surface area contributed by atoms with E-state index in [0.29, 0.717) is 13.0 Å². The van der Waals surface area contributed by atoms with E-state index in [2.05, 4.69) is 12.2 Å². The van der Waals surface area contributed by atoms with Crippen molar-refractivity contribution in [3.63, 3.8) is 0 Å². The Hall–Kier alpha value is -2.87. The Kier molecular flexibility index (Phi) is 6.21. The minimum absolute atomic E-state index is 0.396. The Morgan fingerprint density at radius 1 is 0.808 bits per heavy atom. The lowest BCUT2D eigenvalue weighted by Crippen LogP contribution is -1.96. The van der Waals surface area contributed by atoms with Crippen molar-refractivity contribution in [1.82, 2.24) is 0 Å². The number of hydrogen-bond acceptors (Lipinski definition) is 1. The summed E-state index contributed by atoms with van der Waals surface area (Å²) in [5, 5.41) is 0. The zero-order chi connectivity index (χ0) is 18.2. The van der Waals surface area contributed by atoms with Crippen molar-refractivity contribution in [2.24, 2.45) is 0 Å². The van der Waals surface area contributed by atoms with Gasteiger partial charge < -0.3 is 4.74 Å². The van der Waals surface area contributed by atoms with E-state index in [1.165, 1.54) is 0 Å². The van der Waals surface area contributed by atoms with Gasteiger partial charge in [0.15, 0.2) is 0 Å². The van der Waals surface area contributed by atoms with Gasteiger partial charge in [0, 0.05) is 6.42 Å². The highest BCUT2D eigenvalue weighted by Crippen LogP contribution is 2.22. The number of alkyl halides is 1. The second-order valence-corrected chi connectivity index (χ2v) is 6.16. The largest absolute Gasteiger partial charge is 0.494 e. The van der Waals surface area contributed by atoms with Gasteiger partial charge in [-0.3, -0.25) is 0 Å². The highest BCUT2D eigenvalue weighted by Gasteiger charge is 2.09. The number of ether oxygens (including phenoxy) is 1. The summed E-state index contributed by atoms with van der Waals surface area (Å²) < 4.78 is 19.8. The van der Waals surface area contributed by atoms with Gasteiger partial charge in [-0.05, 0) is 41.3 Å². The summed E-state index contributed by atoms with van der Waals surface area (Å²) in [6.07, 6.45) is 3.55. The third-order valence-corrected chi connectivity index (χ3v) is 4.22. The molecule has 26 heavy (non-hydrogen) atoms. The molecule has 0 radical (unpaired) electrons. The van der Waals surface area contributed by atoms with Crippen LogP contribution in [-0.4, -0.2) is 6.61 Å². The molecule has 3 rings (SSSR count). The van der Waals surface area contributed by atoms with Crippen molar-refractivity contribution in [2.45, 2.75) is 19.5 Å². The van der Waals surface area contributed by atoms with Crippen molar-refractivity contribution < 1.29 is 9.13 Å². The molecule has 2 heteroatoms. The molecule has 3 aromatic rings. The lowest BCUT2D eigenvalue weighted by molar-refractivity contribution is 0.340. The second kappa shape index (κ2) is 9.00. The van der Waals surface area contributed by atoms with Crippen LogP contribution in [0, 0.1) is 0 Å². The molecule has 0 saturated heterocycles. The monoisotopic (exact) mass is 346 g/mol. The van der Waals surface area contributed by atoms with Gasteiger partial charge >= 0.3 is 0 Å². The van der Waals surface area contributed by atoms with E-state index in [-0.39, 0.29) is 0 Å². The second-order valence-electron chi connectivity index (χ2n) is 6.16. The summed E-state index contributed by atoms with van der Waals surface area (Å²) in [7, 11) is 0. The Balaban J connectivity index is 1.60. The highest BCUT2D eigenvalue weighted by atomic mass is 19.1. The summed E-state index contributed by atoms with van der Waals surface area (Å²) in [6, 6.07) is 25.4. The van der Waals surface area contributed by atoms with E-state index in [1.807, 2.05) is 85.8 Å². The third-order valence-electron chi connectivity index (χ3n) is 4.22. The molecule has 1 atom stereocenters. The maximum Gasteiger partial charge on any atom is 0.129 e. The highest BCUT2D eigenvalue weighted by molar-refractivity contribution is 5.69. The van der Waals surface area contributed by atoms with Crippen molar-refractivity contribution in [1.29, 1.82) is 0 Å². The number of rotatable bonds is 7. The van der Waals surface area contributed by atoms with Crippen LogP contribution in [0.3, 0.4) is 0 Å². The van der Waals surface area contributed by atoms with Gasteiger partial charge in [0.05, 0.1) is 6.61 Å². The standard InChI is InChI=1S/C24H23FO/c1-2-26-23-16-14-20(15-17-23)9-8-19-10-12-21(13-11-19)18-24(25)22-6-4-3-5-7-22/h3-17,24H,2,18H2,1H3/t24-/m1/s1. The van der Waals surface area contributed by atoms with Gasteiger partial charge in [0.25, 0.3) is 0 Å². The molecule has 0 unspecified atom stereocenters. The first-order valence-corrected chi connectivity index (χ1v) is 8.93. The van der Waals surface area contributed by atoms with Crippen molar-refractivity contribution in [3.05, 3.63) is 101 Å². The number of benzene rings is 3. The number of hydrogen-bond donors (Lipinski definition) is 0. The summed E-state index contributed by atoms with van der Waals surface area (Å²) in [6.45, 7) is 2.65. The first kappa shape index (κ1) is 17.9. The van der Waals surface area contributed by atoms with Gasteiger partial charge in [-0.25, -0.2) is 4.39 Å². The van der Waals surface area contributed by atoms with Gasteiger partial charge in [-0.15, -0.1) is 0 Å². The molecule has 132 valence electrons. The van der Waals surface area contributed by atoms with Crippen molar-refractivity contribution >= 4 is 12.2 Å². The van der Waals surface area contributed by atoms with Crippen molar-refractivity contribution in [3.8, 4) is 5.75 Å². The van der Waals surface area contributed by atoms with Gasteiger partial charge in [-0.2, -0.15) is 0 Å². The Labute approximate surface area is 154 Å². The Morgan fingerprint density at radius 3 is 1.96 bits per heavy atom. The molecule has 0 N–H and O–H groups in total. The molecule has 0 aromatic heterocycles. The molecule has 0 heterocycles. The average molecular weight is 346 g/mol. The lowest BCUT2D eigenvalue weighted by Gasteiger charge is -2.08. The van der Waals surface area contributed by atoms with Crippen LogP contribution in [0.5, 0.6) is 5.75 Å². The molecular weight excluding hydrogens is 323 g/mol. The van der Waals surface area contributed by atoms with Crippen LogP contribution < -0.4 is 4.74 Å². The van der Waals surface area contributed by atoms with Crippen LogP contribution in [-0.2, 0) is 6.42 Å². The van der Waals surface area contributed by atoms with E-state index >= 15 is 0 Å². The minimum Gasteiger partial charge on any atom is -0.494 e. The van der Waals surface area contributed by atoms with Crippen molar-refractivity contribution in [2.75, 3.05) is 6.61 Å². The van der Waals surface area contributed by atoms with Gasteiger partial charge in [0.1, 0.15) is 11.9 Å². The normalized spacial score (nSPS) is 12.2. The Bertz CT molecular complexity index is 820. The van der Waals surface area contributed by atoms with Crippen LogP contribution in [0.4, 0.5) is 4.39 Å². The van der Waals surface area contributed by atoms with Crippen LogP contribution in [0.25, 0.3) is 12.2 Å². The van der Waals surface area contributed by atoms with Gasteiger partial charge in [0.2, 0.25) is 0 Å². The predicted octanol–water partition coefficient (Wildman–Crippen LogP) is 6.51. The first-order chi connectivity index (χ1) is 12.7. The molecule has 0 spiro atoms. The summed E-state index contributed by atoms with van der Waals surface area (Å²) in [5.41, 5.74) is 3.94. The first-order valence-electron chi connectivity index (χ1n) is 8.93. The molecule has 0 fully saturated rings. The maximum atomic E-state index is 14.4. The van der Waals surface area contributed by atoms with Crippen LogP contribution >= 0.6 is 0 Å². The van der Waals surface area contributed by atoms with E-state index in [4.69, 9.17) is 4.74 Å². The molecule has 0 saturated carbocycles. The minimum atomic E-state index is -0.971. The molecule has 0 bridgehead atoms. The Morgan fingerprint density at radius 2 is 1.38 bits per heavy atom. The smallest absolute Gasteiger partial charge is 0.129 e. The lowest BCUT2D eigenvalue weighted by atomic mass is 10.0. The number of halogens is 1. The molecule has 0 aliphatic heterocycles. The zero-order valence-corrected chi connectivity index (χ0v) is 14.9. The molecule has 3 aromatic carbocycles. The quantitative estimate of drug-likeness (QED) is 0.443. The van der Waals surface area contributed by atoms with E-state index in [1.54, 1.807) is 0 Å². The van der Waals surface area contributed by atoms with E-state index < -0.39 is 6.17 Å². The third kappa shape index (κ3) is 5.06. The molecule has 0 amide bonds. The molecule has 1 nitrogen and oxygen atoms in total. The maximum absolute atomic E-state index is 14.4. The summed E-state index contributed by atoms with van der Waals surface area (Å²) in [4.78, 5) is 0. The summed E-state index contributed by atoms with van der Waals surface area (Å²) >= 11 is 0. The van der Waals surface area contributed by atoms with Crippen LogP contribution in [0.2, 0.25) is 0 Å². The fourth-order valence-corrected chi connectivity index (χ4v) is 2.79. The zero-order valence-electron chi connectivity index (χ0n) is 14.9. The fraction of sp³-hybridized carbons (Fsp3) is 0.167. The van der Waals surface area contributed by atoms with Gasteiger partial charge in [-0.1, -0.05) is 78.9 Å². The molecule has 0 aliphatic carbocycles. The van der Waals surface area contributed by atoms with E-state index in [9.17, 15) is 4.39 Å². The van der Waals surface area contributed by atoms with Crippen LogP contribution in [0.15, 0.2) is 78.9 Å². The summed E-state index contributed by atoms with van der Waals surface area (Å²) in [5.74, 6) is 0.883. The SMILES string of the molecule is CCOc1ccc(C=Cc2ccc(C[C@@H](F)c3ccccc3)cc2)cc1. The van der Waals surface area contributed by atoms with Crippen LogP contribution in [0.1, 0.15) is 35.3 Å². The predicted molar refractivity (Wildman–Crippen MR) is 107 cm³/mol. The molecule has 0 aliphatic rings. The average Bonchev–Trinajstić information content (AvgIpc) is 2.69. The fourth-order valence-electron chi connectivity index (χ4n) is 2.79. The van der Waals surface area contributed by atoms with E-state index in [0.717, 1.165) is 28.0 Å². The topological polar surface area (TPSA) is 9.23 Å². The molecular formula is C24H23FO.